The van der Waals surface area contributed by atoms with Crippen molar-refractivity contribution in [2.24, 2.45) is 0 Å². The van der Waals surface area contributed by atoms with Gasteiger partial charge in [-0.3, -0.25) is 14.3 Å². The van der Waals surface area contributed by atoms with Crippen molar-refractivity contribution in [1.82, 2.24) is 24.3 Å². The van der Waals surface area contributed by atoms with Crippen LogP contribution in [0.2, 0.25) is 0 Å². The Kier molecular flexibility index (Phi) is 5.92. The van der Waals surface area contributed by atoms with Crippen molar-refractivity contribution in [2.75, 3.05) is 6.26 Å². The molecule has 0 saturated carbocycles. The third-order valence-electron chi connectivity index (χ3n) is 4.27. The summed E-state index contributed by atoms with van der Waals surface area (Å²) >= 11 is 0. The summed E-state index contributed by atoms with van der Waals surface area (Å²) in [5.41, 5.74) is 3.34. The molecule has 0 radical (unpaired) electrons. The number of rotatable bonds is 7. The van der Waals surface area contributed by atoms with Crippen LogP contribution in [-0.2, 0) is 21.4 Å². The van der Waals surface area contributed by atoms with Gasteiger partial charge in [-0.2, -0.15) is 15.0 Å². The normalized spacial score (nSPS) is 11.4. The minimum absolute atomic E-state index is 0.0172. The van der Waals surface area contributed by atoms with Gasteiger partial charge in [-0.25, -0.2) is 8.42 Å². The van der Waals surface area contributed by atoms with Gasteiger partial charge >= 0.3 is 0 Å². The van der Waals surface area contributed by atoms with Gasteiger partial charge in [0.1, 0.15) is 0 Å². The lowest BCUT2D eigenvalue weighted by molar-refractivity contribution is -0.119. The van der Waals surface area contributed by atoms with Gasteiger partial charge < -0.3 is 4.57 Å². The molecule has 152 valence electrons. The standard InChI is InChI=1S/C19H21N5O4S/c1-14-12-16(24-20-8-9-21-24)5-6-17(14)15-7-11-23(19(26)13-15)10-3-4-18(25)22-29(2,27)28/h5-9,11-13H,3-4,10H2,1-2H3,(H,22,25). The number of carbonyl (C=O) groups excluding carboxylic acids is 1. The first-order valence-corrected chi connectivity index (χ1v) is 10.8. The molecule has 3 rings (SSSR count). The van der Waals surface area contributed by atoms with Crippen LogP contribution in [0.4, 0.5) is 0 Å². The first kappa shape index (κ1) is 20.5. The molecular weight excluding hydrogens is 394 g/mol. The number of carbonyl (C=O) groups is 1. The van der Waals surface area contributed by atoms with Gasteiger partial charge in [0.25, 0.3) is 5.56 Å². The molecule has 0 unspecified atom stereocenters. The molecule has 2 heterocycles. The fourth-order valence-corrected chi connectivity index (χ4v) is 3.49. The molecule has 1 N–H and O–H groups in total. The summed E-state index contributed by atoms with van der Waals surface area (Å²) in [6.45, 7) is 2.27. The first-order chi connectivity index (χ1) is 13.7. The molecule has 1 amide bonds. The Morgan fingerprint density at radius 2 is 1.86 bits per heavy atom. The lowest BCUT2D eigenvalue weighted by Crippen LogP contribution is -2.29. The van der Waals surface area contributed by atoms with Crippen LogP contribution in [0.1, 0.15) is 18.4 Å². The van der Waals surface area contributed by atoms with Crippen LogP contribution in [0.5, 0.6) is 0 Å². The molecule has 0 saturated heterocycles. The Bertz CT molecular complexity index is 1180. The molecule has 0 atom stereocenters. The number of benzene rings is 1. The average molecular weight is 415 g/mol. The number of aromatic nitrogens is 4. The number of aryl methyl sites for hydroxylation is 2. The number of hydrogen-bond acceptors (Lipinski definition) is 6. The van der Waals surface area contributed by atoms with Gasteiger partial charge in [0.15, 0.2) is 0 Å². The predicted octanol–water partition coefficient (Wildman–Crippen LogP) is 1.26. The fraction of sp³-hybridized carbons (Fsp3) is 0.263. The summed E-state index contributed by atoms with van der Waals surface area (Å²) in [6.07, 6.45) is 6.18. The summed E-state index contributed by atoms with van der Waals surface area (Å²) in [5, 5.41) is 8.21. The van der Waals surface area contributed by atoms with Crippen molar-refractivity contribution in [3.63, 3.8) is 0 Å². The molecule has 3 aromatic rings. The number of pyridine rings is 1. The molecule has 0 aliphatic rings. The van der Waals surface area contributed by atoms with Crippen molar-refractivity contribution < 1.29 is 13.2 Å². The van der Waals surface area contributed by atoms with Crippen molar-refractivity contribution in [1.29, 1.82) is 0 Å². The summed E-state index contributed by atoms with van der Waals surface area (Å²) < 4.78 is 25.4. The molecule has 29 heavy (non-hydrogen) atoms. The minimum atomic E-state index is -3.56. The minimum Gasteiger partial charge on any atom is -0.315 e. The Hall–Kier alpha value is -3.27. The number of sulfonamides is 1. The van der Waals surface area contributed by atoms with E-state index in [2.05, 4.69) is 10.2 Å². The van der Waals surface area contributed by atoms with Gasteiger partial charge in [0.05, 0.1) is 24.3 Å². The third-order valence-corrected chi connectivity index (χ3v) is 4.87. The number of amides is 1. The summed E-state index contributed by atoms with van der Waals surface area (Å²) in [4.78, 5) is 25.5. The van der Waals surface area contributed by atoms with E-state index in [0.717, 1.165) is 28.6 Å². The Balaban J connectivity index is 1.70. The molecular formula is C19H21N5O4S. The topological polar surface area (TPSA) is 116 Å². The van der Waals surface area contributed by atoms with E-state index in [9.17, 15) is 18.0 Å². The molecule has 0 fully saturated rings. The summed E-state index contributed by atoms with van der Waals surface area (Å²) in [6, 6.07) is 9.13. The highest BCUT2D eigenvalue weighted by Crippen LogP contribution is 2.24. The quantitative estimate of drug-likeness (QED) is 0.621. The highest BCUT2D eigenvalue weighted by Gasteiger charge is 2.09. The second-order valence-corrected chi connectivity index (χ2v) is 8.41. The van der Waals surface area contributed by atoms with E-state index in [0.29, 0.717) is 13.0 Å². The van der Waals surface area contributed by atoms with Crippen LogP contribution in [0, 0.1) is 6.92 Å². The van der Waals surface area contributed by atoms with E-state index >= 15 is 0 Å². The zero-order valence-corrected chi connectivity index (χ0v) is 16.9. The Morgan fingerprint density at radius 1 is 1.14 bits per heavy atom. The molecule has 0 bridgehead atoms. The van der Waals surface area contributed by atoms with Crippen molar-refractivity contribution in [3.8, 4) is 16.8 Å². The van der Waals surface area contributed by atoms with Gasteiger partial charge in [-0.1, -0.05) is 6.07 Å². The van der Waals surface area contributed by atoms with Gasteiger partial charge in [0, 0.05) is 25.2 Å². The van der Waals surface area contributed by atoms with Crippen LogP contribution in [0.3, 0.4) is 0 Å². The van der Waals surface area contributed by atoms with Crippen molar-refractivity contribution in [3.05, 3.63) is 64.8 Å². The molecule has 1 aromatic carbocycles. The van der Waals surface area contributed by atoms with E-state index in [4.69, 9.17) is 0 Å². The van der Waals surface area contributed by atoms with Crippen LogP contribution < -0.4 is 10.3 Å². The van der Waals surface area contributed by atoms with E-state index in [1.165, 1.54) is 9.36 Å². The first-order valence-electron chi connectivity index (χ1n) is 8.92. The van der Waals surface area contributed by atoms with E-state index in [1.54, 1.807) is 24.7 Å². The summed E-state index contributed by atoms with van der Waals surface area (Å²) in [5.74, 6) is -0.584. The maximum absolute atomic E-state index is 12.4. The third kappa shape index (κ3) is 5.38. The zero-order valence-electron chi connectivity index (χ0n) is 16.1. The SMILES string of the molecule is Cc1cc(-n2nccn2)ccc1-c1ccn(CCCC(=O)NS(C)(=O)=O)c(=O)c1. The zero-order chi connectivity index (χ0) is 21.0. The maximum Gasteiger partial charge on any atom is 0.251 e. The van der Waals surface area contributed by atoms with Crippen LogP contribution in [0.25, 0.3) is 16.8 Å². The van der Waals surface area contributed by atoms with Crippen LogP contribution in [0.15, 0.2) is 53.7 Å². The van der Waals surface area contributed by atoms with Crippen LogP contribution >= 0.6 is 0 Å². The molecule has 0 spiro atoms. The molecule has 2 aromatic heterocycles. The average Bonchev–Trinajstić information content (AvgIpc) is 3.16. The smallest absolute Gasteiger partial charge is 0.251 e. The van der Waals surface area contributed by atoms with E-state index in [-0.39, 0.29) is 12.0 Å². The highest BCUT2D eigenvalue weighted by molar-refractivity contribution is 7.89. The second-order valence-electron chi connectivity index (χ2n) is 6.67. The van der Waals surface area contributed by atoms with Gasteiger partial charge in [0.2, 0.25) is 15.9 Å². The largest absolute Gasteiger partial charge is 0.315 e. The van der Waals surface area contributed by atoms with Crippen LogP contribution in [-0.4, -0.2) is 40.1 Å². The Labute approximate surface area is 168 Å². The second kappa shape index (κ2) is 8.39. The number of hydrogen-bond donors (Lipinski definition) is 1. The predicted molar refractivity (Wildman–Crippen MR) is 108 cm³/mol. The monoisotopic (exact) mass is 415 g/mol. The van der Waals surface area contributed by atoms with Crippen molar-refractivity contribution >= 4 is 15.9 Å². The fourth-order valence-electron chi connectivity index (χ4n) is 2.97. The van der Waals surface area contributed by atoms with Gasteiger partial charge in [-0.15, -0.1) is 0 Å². The Morgan fingerprint density at radius 3 is 2.48 bits per heavy atom. The lowest BCUT2D eigenvalue weighted by Gasteiger charge is -2.10. The number of nitrogens with one attached hydrogen (secondary N) is 1. The number of nitrogens with zero attached hydrogens (tertiary/aromatic N) is 4. The highest BCUT2D eigenvalue weighted by atomic mass is 32.2. The van der Waals surface area contributed by atoms with E-state index in [1.807, 2.05) is 35.9 Å². The lowest BCUT2D eigenvalue weighted by atomic mass is 10.0. The maximum atomic E-state index is 12.4. The molecule has 10 heteroatoms. The van der Waals surface area contributed by atoms with E-state index < -0.39 is 15.9 Å². The molecule has 0 aliphatic carbocycles. The molecule has 0 aliphatic heterocycles. The van der Waals surface area contributed by atoms with Crippen molar-refractivity contribution in [2.45, 2.75) is 26.3 Å². The summed E-state index contributed by atoms with van der Waals surface area (Å²) in [7, 11) is -3.56. The molecule has 9 nitrogen and oxygen atoms in total. The van der Waals surface area contributed by atoms with Gasteiger partial charge in [-0.05, 0) is 48.2 Å².